The van der Waals surface area contributed by atoms with Gasteiger partial charge in [0.15, 0.2) is 0 Å². The number of nitrogens with one attached hydrogen (secondary N) is 3. The van der Waals surface area contributed by atoms with E-state index in [-0.39, 0.29) is 11.0 Å². The number of aromatic nitrogens is 3. The average Bonchev–Trinajstić information content (AvgIpc) is 3.50. The summed E-state index contributed by atoms with van der Waals surface area (Å²) in [5.74, 6) is 1.35. The van der Waals surface area contributed by atoms with Gasteiger partial charge in [0.2, 0.25) is 0 Å². The molecule has 0 atom stereocenters. The van der Waals surface area contributed by atoms with E-state index in [1.807, 2.05) is 93.6 Å². The first kappa shape index (κ1) is 33.7. The van der Waals surface area contributed by atoms with Crippen LogP contribution in [0.4, 0.5) is 27.8 Å². The fourth-order valence-electron chi connectivity index (χ4n) is 5.71. The zero-order valence-corrected chi connectivity index (χ0v) is 29.0. The summed E-state index contributed by atoms with van der Waals surface area (Å²) in [6, 6.07) is 27.7. The van der Waals surface area contributed by atoms with E-state index in [0.29, 0.717) is 40.9 Å². The lowest BCUT2D eigenvalue weighted by atomic mass is 9.92. The number of aromatic carboxylic acids is 1. The fraction of sp³-hybridized carbons (Fsp3) is 0.200. The Labute approximate surface area is 291 Å². The monoisotopic (exact) mass is 668 g/mol. The van der Waals surface area contributed by atoms with Crippen molar-refractivity contribution in [1.82, 2.24) is 14.8 Å². The largest absolute Gasteiger partial charge is 0.478 e. The summed E-state index contributed by atoms with van der Waals surface area (Å²) in [5, 5.41) is 25.3. The van der Waals surface area contributed by atoms with Gasteiger partial charge in [0.25, 0.3) is 0 Å². The second-order valence-electron chi connectivity index (χ2n) is 13.3. The predicted octanol–water partition coefficient (Wildman–Crippen LogP) is 9.78. The number of fused-ring (bicyclic) bond motifs is 1. The molecule has 0 bridgehead atoms. The second kappa shape index (κ2) is 13.8. The summed E-state index contributed by atoms with van der Waals surface area (Å²) < 4.78 is 8.28. The number of carbonyl (C=O) groups is 2. The molecule has 4 N–H and O–H groups in total. The third kappa shape index (κ3) is 7.29. The molecular formula is C40H40N6O4. The minimum atomic E-state index is -0.997. The number of hydrogen-bond acceptors (Lipinski definition) is 6. The van der Waals surface area contributed by atoms with Crippen molar-refractivity contribution in [3.8, 4) is 17.2 Å². The molecule has 50 heavy (non-hydrogen) atoms. The quantitative estimate of drug-likeness (QED) is 0.121. The van der Waals surface area contributed by atoms with E-state index in [0.717, 1.165) is 38.8 Å². The summed E-state index contributed by atoms with van der Waals surface area (Å²) >= 11 is 0. The Morgan fingerprint density at radius 1 is 0.840 bits per heavy atom. The van der Waals surface area contributed by atoms with Crippen molar-refractivity contribution < 1.29 is 19.4 Å². The van der Waals surface area contributed by atoms with Gasteiger partial charge in [-0.1, -0.05) is 69.7 Å². The Balaban J connectivity index is 1.27. The molecule has 2 heterocycles. The second-order valence-corrected chi connectivity index (χ2v) is 13.3. The maximum atomic E-state index is 13.5. The lowest BCUT2D eigenvalue weighted by Crippen LogP contribution is -2.21. The first-order valence-corrected chi connectivity index (χ1v) is 16.4. The summed E-state index contributed by atoms with van der Waals surface area (Å²) in [5.41, 5.74) is 5.69. The topological polar surface area (TPSA) is 130 Å². The van der Waals surface area contributed by atoms with Gasteiger partial charge in [-0.05, 0) is 74.4 Å². The van der Waals surface area contributed by atoms with Gasteiger partial charge in [0, 0.05) is 39.7 Å². The van der Waals surface area contributed by atoms with E-state index in [1.54, 1.807) is 29.1 Å². The molecule has 254 valence electrons. The number of hydrogen-bond donors (Lipinski definition) is 4. The molecule has 0 saturated carbocycles. The smallest absolute Gasteiger partial charge is 0.335 e. The lowest BCUT2D eigenvalue weighted by Gasteiger charge is -2.17. The third-order valence-corrected chi connectivity index (χ3v) is 8.30. The standard InChI is InChI=1S/C40H40N6O4/c1-7-29-34(18-19-41-37(29)42-27-21-25(3)20-26(22-27)38(47)48)50-33-17-16-32(30-10-8-9-11-31(30)33)43-39(49)44-36-23-35(40(4,5)6)45-46(36)28-14-12-24(2)13-15-28/h8-23H,7H2,1-6H3,(H,41,42)(H,47,48)(H2,43,44,49). The average molecular weight is 669 g/mol. The zero-order chi connectivity index (χ0) is 35.6. The fourth-order valence-corrected chi connectivity index (χ4v) is 5.71. The lowest BCUT2D eigenvalue weighted by molar-refractivity contribution is 0.0696. The van der Waals surface area contributed by atoms with Crippen LogP contribution >= 0.6 is 0 Å². The molecule has 10 heteroatoms. The Bertz CT molecular complexity index is 2220. The van der Waals surface area contributed by atoms with Crippen LogP contribution in [0.2, 0.25) is 0 Å². The number of carboxylic acid groups (broad SMARTS) is 1. The molecule has 2 aromatic heterocycles. The Morgan fingerprint density at radius 3 is 2.28 bits per heavy atom. The first-order valence-electron chi connectivity index (χ1n) is 16.4. The number of nitrogens with zero attached hydrogens (tertiary/aromatic N) is 3. The van der Waals surface area contributed by atoms with Gasteiger partial charge in [-0.25, -0.2) is 19.3 Å². The minimum Gasteiger partial charge on any atom is -0.478 e. The van der Waals surface area contributed by atoms with Gasteiger partial charge in [0.05, 0.1) is 22.6 Å². The van der Waals surface area contributed by atoms with Crippen LogP contribution in [0.15, 0.2) is 97.2 Å². The minimum absolute atomic E-state index is 0.193. The zero-order valence-electron chi connectivity index (χ0n) is 29.0. The van der Waals surface area contributed by atoms with Gasteiger partial charge >= 0.3 is 12.0 Å². The van der Waals surface area contributed by atoms with E-state index >= 15 is 0 Å². The van der Waals surface area contributed by atoms with Crippen molar-refractivity contribution in [2.45, 2.75) is 53.4 Å². The number of benzene rings is 4. The number of carbonyl (C=O) groups excluding carboxylic acids is 1. The number of anilines is 4. The van der Waals surface area contributed by atoms with Crippen LogP contribution in [0.1, 0.15) is 60.4 Å². The van der Waals surface area contributed by atoms with Crippen molar-refractivity contribution in [1.29, 1.82) is 0 Å². The van der Waals surface area contributed by atoms with E-state index < -0.39 is 12.0 Å². The molecule has 0 saturated heterocycles. The highest BCUT2D eigenvalue weighted by Gasteiger charge is 2.22. The van der Waals surface area contributed by atoms with Crippen molar-refractivity contribution in [2.75, 3.05) is 16.0 Å². The number of aryl methyl sites for hydroxylation is 2. The van der Waals surface area contributed by atoms with Gasteiger partial charge < -0.3 is 20.5 Å². The third-order valence-electron chi connectivity index (χ3n) is 8.30. The molecule has 6 rings (SSSR count). The SMILES string of the molecule is CCc1c(Oc2ccc(NC(=O)Nc3cc(C(C)(C)C)nn3-c3ccc(C)cc3)c3ccccc23)ccnc1Nc1cc(C)cc(C(=O)O)c1. The number of urea groups is 1. The molecule has 0 aliphatic carbocycles. The van der Waals surface area contributed by atoms with Gasteiger partial charge in [0.1, 0.15) is 23.1 Å². The maximum Gasteiger partial charge on any atom is 0.335 e. The van der Waals surface area contributed by atoms with Gasteiger partial charge in [-0.15, -0.1) is 0 Å². The highest BCUT2D eigenvalue weighted by Crippen LogP contribution is 2.37. The van der Waals surface area contributed by atoms with Crippen molar-refractivity contribution in [2.24, 2.45) is 0 Å². The summed E-state index contributed by atoms with van der Waals surface area (Å²) in [6.07, 6.45) is 2.26. The van der Waals surface area contributed by atoms with Crippen molar-refractivity contribution >= 4 is 45.8 Å². The number of rotatable bonds is 9. The Hall–Kier alpha value is -6.16. The van der Waals surface area contributed by atoms with Crippen LogP contribution in [0.25, 0.3) is 16.5 Å². The number of pyridine rings is 1. The highest BCUT2D eigenvalue weighted by atomic mass is 16.5. The predicted molar refractivity (Wildman–Crippen MR) is 199 cm³/mol. The molecule has 2 amide bonds. The number of carboxylic acids is 1. The number of ether oxygens (including phenoxy) is 1. The molecule has 0 unspecified atom stereocenters. The molecule has 0 spiro atoms. The molecule has 6 aromatic rings. The highest BCUT2D eigenvalue weighted by molar-refractivity contribution is 6.07. The van der Waals surface area contributed by atoms with Crippen LogP contribution in [0.5, 0.6) is 11.5 Å². The van der Waals surface area contributed by atoms with Crippen molar-refractivity contribution in [3.63, 3.8) is 0 Å². The summed E-state index contributed by atoms with van der Waals surface area (Å²) in [7, 11) is 0. The van der Waals surface area contributed by atoms with Gasteiger partial charge in [-0.3, -0.25) is 5.32 Å². The van der Waals surface area contributed by atoms with Crippen LogP contribution in [-0.4, -0.2) is 31.9 Å². The molecule has 0 aliphatic rings. The Kier molecular flexibility index (Phi) is 9.28. The van der Waals surface area contributed by atoms with Crippen LogP contribution in [0, 0.1) is 13.8 Å². The normalized spacial score (nSPS) is 11.3. The summed E-state index contributed by atoms with van der Waals surface area (Å²) in [4.78, 5) is 29.7. The molecule has 0 radical (unpaired) electrons. The number of amides is 2. The maximum absolute atomic E-state index is 13.5. The van der Waals surface area contributed by atoms with Crippen LogP contribution < -0.4 is 20.7 Å². The molecule has 0 aliphatic heterocycles. The Morgan fingerprint density at radius 2 is 1.58 bits per heavy atom. The molecule has 10 nitrogen and oxygen atoms in total. The van der Waals surface area contributed by atoms with Gasteiger partial charge in [-0.2, -0.15) is 5.10 Å². The first-order chi connectivity index (χ1) is 23.9. The molecular weight excluding hydrogens is 628 g/mol. The van der Waals surface area contributed by atoms with E-state index in [2.05, 4.69) is 41.7 Å². The molecule has 0 fully saturated rings. The van der Waals surface area contributed by atoms with Crippen LogP contribution in [-0.2, 0) is 11.8 Å². The van der Waals surface area contributed by atoms with E-state index in [4.69, 9.17) is 9.84 Å². The van der Waals surface area contributed by atoms with E-state index in [9.17, 15) is 14.7 Å². The molecule has 4 aromatic carbocycles. The van der Waals surface area contributed by atoms with Crippen molar-refractivity contribution in [3.05, 3.63) is 125 Å². The van der Waals surface area contributed by atoms with Crippen LogP contribution in [0.3, 0.4) is 0 Å². The summed E-state index contributed by atoms with van der Waals surface area (Å²) in [6.45, 7) is 12.1. The van der Waals surface area contributed by atoms with E-state index in [1.165, 1.54) is 0 Å².